The molecule has 0 aromatic carbocycles. The van der Waals surface area contributed by atoms with E-state index in [1.807, 2.05) is 0 Å². The van der Waals surface area contributed by atoms with Crippen LogP contribution in [0, 0.1) is 0 Å². The molecule has 0 spiro atoms. The Morgan fingerprint density at radius 3 is 2.00 bits per heavy atom. The average Bonchev–Trinajstić information content (AvgIpc) is 2.10. The van der Waals surface area contributed by atoms with Crippen LogP contribution in [0.25, 0.3) is 0 Å². The van der Waals surface area contributed by atoms with Crippen molar-refractivity contribution in [2.24, 2.45) is 0 Å². The molecule has 0 bridgehead atoms. The van der Waals surface area contributed by atoms with E-state index in [0.717, 1.165) is 6.08 Å². The van der Waals surface area contributed by atoms with Crippen molar-refractivity contribution in [3.05, 3.63) is 11.6 Å². The highest BCUT2D eigenvalue weighted by atomic mass is 19.4. The van der Waals surface area contributed by atoms with E-state index >= 15 is 0 Å². The molecule has 1 nitrogen and oxygen atoms in total. The summed E-state index contributed by atoms with van der Waals surface area (Å²) < 4.78 is 66.1. The van der Waals surface area contributed by atoms with Gasteiger partial charge in [0.25, 0.3) is 0 Å². The van der Waals surface area contributed by atoms with Crippen molar-refractivity contribution < 1.29 is 26.7 Å². The number of rotatable bonds is 5. The molecule has 0 unspecified atom stereocenters. The van der Waals surface area contributed by atoms with Crippen molar-refractivity contribution in [2.75, 3.05) is 13.2 Å². The van der Waals surface area contributed by atoms with Gasteiger partial charge in [-0.1, -0.05) is 13.0 Å². The minimum atomic E-state index is -5.54. The van der Waals surface area contributed by atoms with Crippen LogP contribution in [0.2, 0.25) is 0 Å². The Kier molecular flexibility index (Phi) is 5.20. The second kappa shape index (κ2) is 5.44. The predicted octanol–water partition coefficient (Wildman–Crippen LogP) is 3.56. The highest BCUT2D eigenvalue weighted by molar-refractivity contribution is 5.15. The maximum absolute atomic E-state index is 12.8. The molecular formula is C9H13F5O. The molecule has 0 fully saturated rings. The van der Waals surface area contributed by atoms with Gasteiger partial charge >= 0.3 is 12.1 Å². The first-order valence-corrected chi connectivity index (χ1v) is 4.49. The normalized spacial score (nSPS) is 14.5. The molecule has 0 atom stereocenters. The van der Waals surface area contributed by atoms with Crippen molar-refractivity contribution >= 4 is 0 Å². The molecule has 0 aliphatic rings. The van der Waals surface area contributed by atoms with Gasteiger partial charge in [-0.15, -0.1) is 0 Å². The van der Waals surface area contributed by atoms with E-state index in [9.17, 15) is 22.0 Å². The van der Waals surface area contributed by atoms with E-state index in [2.05, 4.69) is 0 Å². The van der Waals surface area contributed by atoms with E-state index in [0.29, 0.717) is 0 Å². The van der Waals surface area contributed by atoms with Crippen LogP contribution in [0.3, 0.4) is 0 Å². The smallest absolute Gasteiger partial charge is 0.378 e. The van der Waals surface area contributed by atoms with Crippen LogP contribution in [0.5, 0.6) is 0 Å². The molecular weight excluding hydrogens is 219 g/mol. The maximum Gasteiger partial charge on any atom is 0.457 e. The second-order valence-corrected chi connectivity index (χ2v) is 2.81. The van der Waals surface area contributed by atoms with Gasteiger partial charge in [0.2, 0.25) is 0 Å². The zero-order valence-corrected chi connectivity index (χ0v) is 8.50. The fourth-order valence-electron chi connectivity index (χ4n) is 0.954. The summed E-state index contributed by atoms with van der Waals surface area (Å²) in [7, 11) is 0. The monoisotopic (exact) mass is 232 g/mol. The number of hydrogen-bond acceptors (Lipinski definition) is 1. The zero-order chi connectivity index (χ0) is 12.1. The van der Waals surface area contributed by atoms with Gasteiger partial charge in [-0.3, -0.25) is 0 Å². The molecule has 6 heteroatoms. The average molecular weight is 232 g/mol. The summed E-state index contributed by atoms with van der Waals surface area (Å²) in [6.07, 6.45) is -5.11. The van der Waals surface area contributed by atoms with Gasteiger partial charge in [0.15, 0.2) is 0 Å². The molecule has 0 radical (unpaired) electrons. The number of alkyl halides is 5. The molecule has 0 heterocycles. The first kappa shape index (κ1) is 14.3. The minimum absolute atomic E-state index is 0.231. The molecule has 0 aliphatic carbocycles. The molecule has 0 aromatic heterocycles. The Labute approximate surface area is 84.9 Å². The Morgan fingerprint density at radius 2 is 1.67 bits per heavy atom. The molecule has 0 aliphatic heterocycles. The minimum Gasteiger partial charge on any atom is -0.378 e. The molecule has 0 aromatic rings. The van der Waals surface area contributed by atoms with Gasteiger partial charge in [-0.2, -0.15) is 22.0 Å². The van der Waals surface area contributed by atoms with Crippen molar-refractivity contribution in [3.63, 3.8) is 0 Å². The Hall–Kier alpha value is -0.650. The second-order valence-electron chi connectivity index (χ2n) is 2.81. The van der Waals surface area contributed by atoms with Gasteiger partial charge in [0.1, 0.15) is 0 Å². The highest BCUT2D eigenvalue weighted by Crippen LogP contribution is 2.41. The van der Waals surface area contributed by atoms with Crippen LogP contribution in [0.15, 0.2) is 11.6 Å². The molecule has 15 heavy (non-hydrogen) atoms. The molecule has 0 saturated heterocycles. The van der Waals surface area contributed by atoms with Crippen molar-refractivity contribution in [3.8, 4) is 0 Å². The van der Waals surface area contributed by atoms with Gasteiger partial charge in [0.05, 0.1) is 6.61 Å². The van der Waals surface area contributed by atoms with Crippen LogP contribution in [-0.4, -0.2) is 25.3 Å². The summed E-state index contributed by atoms with van der Waals surface area (Å²) in [4.78, 5) is 0. The summed E-state index contributed by atoms with van der Waals surface area (Å²) in [5.41, 5.74) is -0.955. The van der Waals surface area contributed by atoms with Gasteiger partial charge in [-0.05, 0) is 13.3 Å². The Balaban J connectivity index is 4.72. The number of halogens is 5. The molecule has 0 amide bonds. The largest absolute Gasteiger partial charge is 0.457 e. The third-order valence-electron chi connectivity index (χ3n) is 1.79. The number of ether oxygens (including phenoxy) is 1. The fraction of sp³-hybridized carbons (Fsp3) is 0.778. The topological polar surface area (TPSA) is 9.23 Å². The lowest BCUT2D eigenvalue weighted by atomic mass is 10.1. The van der Waals surface area contributed by atoms with Gasteiger partial charge < -0.3 is 4.74 Å². The quantitative estimate of drug-likeness (QED) is 0.400. The van der Waals surface area contributed by atoms with E-state index in [1.54, 1.807) is 6.92 Å². The van der Waals surface area contributed by atoms with Crippen molar-refractivity contribution in [1.82, 2.24) is 0 Å². The summed E-state index contributed by atoms with van der Waals surface area (Å²) >= 11 is 0. The van der Waals surface area contributed by atoms with Crippen LogP contribution >= 0.6 is 0 Å². The summed E-state index contributed by atoms with van der Waals surface area (Å²) in [5.74, 6) is -4.77. The standard InChI is InChI=1S/C9H13F5O/c1-3-7(5-6-15-4-2)8(10,11)9(12,13)14/h5H,3-4,6H2,1-2H3/b7-5+. The number of hydrogen-bond donors (Lipinski definition) is 0. The van der Waals surface area contributed by atoms with E-state index in [4.69, 9.17) is 4.74 Å². The molecule has 90 valence electrons. The zero-order valence-electron chi connectivity index (χ0n) is 8.50. The lowest BCUT2D eigenvalue weighted by Gasteiger charge is -2.21. The van der Waals surface area contributed by atoms with Gasteiger partial charge in [-0.25, -0.2) is 0 Å². The molecule has 0 saturated carbocycles. The SMILES string of the molecule is CCOC/C=C(\CC)C(F)(F)C(F)(F)F. The lowest BCUT2D eigenvalue weighted by Crippen LogP contribution is -2.38. The Morgan fingerprint density at radius 1 is 1.13 bits per heavy atom. The summed E-state index contributed by atoms with van der Waals surface area (Å²) in [6, 6.07) is 0. The van der Waals surface area contributed by atoms with Crippen LogP contribution < -0.4 is 0 Å². The summed E-state index contributed by atoms with van der Waals surface area (Å²) in [5, 5.41) is 0. The summed E-state index contributed by atoms with van der Waals surface area (Å²) in [6.45, 7) is 2.91. The van der Waals surface area contributed by atoms with E-state index < -0.39 is 17.7 Å². The van der Waals surface area contributed by atoms with E-state index in [-0.39, 0.29) is 19.6 Å². The van der Waals surface area contributed by atoms with Gasteiger partial charge in [0, 0.05) is 12.2 Å². The first-order chi connectivity index (χ1) is 6.77. The number of allylic oxidation sites excluding steroid dienone is 1. The Bertz CT molecular complexity index is 219. The fourth-order valence-corrected chi connectivity index (χ4v) is 0.954. The van der Waals surface area contributed by atoms with Crippen LogP contribution in [0.1, 0.15) is 20.3 Å². The van der Waals surface area contributed by atoms with Crippen LogP contribution in [-0.2, 0) is 4.74 Å². The maximum atomic E-state index is 12.8. The lowest BCUT2D eigenvalue weighted by molar-refractivity contribution is -0.265. The van der Waals surface area contributed by atoms with E-state index in [1.165, 1.54) is 6.92 Å². The van der Waals surface area contributed by atoms with Crippen molar-refractivity contribution in [1.29, 1.82) is 0 Å². The highest BCUT2D eigenvalue weighted by Gasteiger charge is 2.59. The molecule has 0 rings (SSSR count). The third-order valence-corrected chi connectivity index (χ3v) is 1.79. The van der Waals surface area contributed by atoms with Crippen molar-refractivity contribution in [2.45, 2.75) is 32.4 Å². The first-order valence-electron chi connectivity index (χ1n) is 4.49. The molecule has 0 N–H and O–H groups in total. The predicted molar refractivity (Wildman–Crippen MR) is 45.9 cm³/mol. The third kappa shape index (κ3) is 3.77. The van der Waals surface area contributed by atoms with Crippen LogP contribution in [0.4, 0.5) is 22.0 Å².